The maximum atomic E-state index is 12.9. The van der Waals surface area contributed by atoms with Gasteiger partial charge in [-0.25, -0.2) is 0 Å². The molecule has 4 nitrogen and oxygen atoms in total. The maximum Gasteiger partial charge on any atom is 0.223 e. The highest BCUT2D eigenvalue weighted by molar-refractivity contribution is 5.77. The predicted molar refractivity (Wildman–Crippen MR) is 108 cm³/mol. The highest BCUT2D eigenvalue weighted by Crippen LogP contribution is 2.21. The fraction of sp³-hybridized carbons (Fsp3) is 0.500. The first-order valence-electron chi connectivity index (χ1n) is 9.43. The fourth-order valence-electron chi connectivity index (χ4n) is 2.78. The van der Waals surface area contributed by atoms with E-state index in [-0.39, 0.29) is 11.8 Å². The standard InChI is InChI=1S/C22H31N3O/c1-5-7-8-13-25(17-18(3)16-24-6-2)22(26)14-19(4)21-11-9-20(15-23)10-12-21/h6,9-12,16,19H,5,7-8,13-14,17H2,1-4H3/b18-16+,24-6?. The number of benzene rings is 1. The van der Waals surface area contributed by atoms with E-state index < -0.39 is 0 Å². The Hall–Kier alpha value is -2.41. The van der Waals surface area contributed by atoms with Crippen LogP contribution in [0, 0.1) is 11.3 Å². The molecule has 0 aliphatic carbocycles. The number of carbonyl (C=O) groups excluding carboxylic acids is 1. The molecule has 1 aromatic rings. The van der Waals surface area contributed by atoms with Crippen molar-refractivity contribution in [3.05, 3.63) is 47.2 Å². The van der Waals surface area contributed by atoms with E-state index >= 15 is 0 Å². The molecular weight excluding hydrogens is 322 g/mol. The Balaban J connectivity index is 2.76. The van der Waals surface area contributed by atoms with Crippen molar-refractivity contribution < 1.29 is 4.79 Å². The van der Waals surface area contributed by atoms with Gasteiger partial charge in [0.15, 0.2) is 0 Å². The smallest absolute Gasteiger partial charge is 0.223 e. The quantitative estimate of drug-likeness (QED) is 0.436. The first-order chi connectivity index (χ1) is 12.5. The van der Waals surface area contributed by atoms with Gasteiger partial charge in [0.05, 0.1) is 11.6 Å². The van der Waals surface area contributed by atoms with Gasteiger partial charge in [0.1, 0.15) is 0 Å². The molecule has 0 heterocycles. The highest BCUT2D eigenvalue weighted by Gasteiger charge is 2.18. The van der Waals surface area contributed by atoms with Gasteiger partial charge in [0.25, 0.3) is 0 Å². The number of nitriles is 1. The summed E-state index contributed by atoms with van der Waals surface area (Å²) in [4.78, 5) is 19.0. The Morgan fingerprint density at radius 2 is 2.00 bits per heavy atom. The molecule has 1 atom stereocenters. The van der Waals surface area contributed by atoms with Crippen LogP contribution in [-0.4, -0.2) is 30.1 Å². The van der Waals surface area contributed by atoms with Crippen LogP contribution in [0.15, 0.2) is 41.0 Å². The van der Waals surface area contributed by atoms with Gasteiger partial charge < -0.3 is 4.90 Å². The van der Waals surface area contributed by atoms with Crippen molar-refractivity contribution >= 4 is 12.1 Å². The van der Waals surface area contributed by atoms with E-state index in [1.807, 2.05) is 49.2 Å². The molecule has 1 unspecified atom stereocenters. The first-order valence-corrected chi connectivity index (χ1v) is 9.43. The number of hydrogen-bond acceptors (Lipinski definition) is 3. The molecule has 140 valence electrons. The lowest BCUT2D eigenvalue weighted by molar-refractivity contribution is -0.131. The zero-order chi connectivity index (χ0) is 19.4. The monoisotopic (exact) mass is 353 g/mol. The van der Waals surface area contributed by atoms with Gasteiger partial charge in [-0.1, -0.05) is 38.8 Å². The van der Waals surface area contributed by atoms with Crippen molar-refractivity contribution in [2.45, 2.75) is 59.3 Å². The van der Waals surface area contributed by atoms with Crippen molar-refractivity contribution in [3.63, 3.8) is 0 Å². The molecule has 0 fully saturated rings. The fourth-order valence-corrected chi connectivity index (χ4v) is 2.78. The summed E-state index contributed by atoms with van der Waals surface area (Å²) >= 11 is 0. The molecule has 0 aromatic heterocycles. The number of aliphatic imine (C=N–C) groups is 1. The van der Waals surface area contributed by atoms with Gasteiger partial charge in [-0.2, -0.15) is 5.26 Å². The van der Waals surface area contributed by atoms with E-state index in [2.05, 4.69) is 24.9 Å². The molecule has 0 radical (unpaired) electrons. The van der Waals surface area contributed by atoms with Gasteiger partial charge in [0.2, 0.25) is 5.91 Å². The summed E-state index contributed by atoms with van der Waals surface area (Å²) in [6.07, 6.45) is 7.34. The van der Waals surface area contributed by atoms with Crippen LogP contribution in [0.1, 0.15) is 70.4 Å². The van der Waals surface area contributed by atoms with E-state index in [0.717, 1.165) is 36.9 Å². The third kappa shape index (κ3) is 7.65. The molecule has 1 aromatic carbocycles. The van der Waals surface area contributed by atoms with Crippen molar-refractivity contribution in [2.75, 3.05) is 13.1 Å². The molecule has 0 bridgehead atoms. The summed E-state index contributed by atoms with van der Waals surface area (Å²) in [6.45, 7) is 9.53. The van der Waals surface area contributed by atoms with E-state index in [4.69, 9.17) is 5.26 Å². The Bertz CT molecular complexity index is 653. The minimum absolute atomic E-state index is 0.127. The molecule has 0 saturated heterocycles. The number of amides is 1. The molecular formula is C22H31N3O. The van der Waals surface area contributed by atoms with Crippen LogP contribution in [0.25, 0.3) is 0 Å². The van der Waals surface area contributed by atoms with Gasteiger partial charge in [-0.15, -0.1) is 0 Å². The van der Waals surface area contributed by atoms with E-state index in [9.17, 15) is 4.79 Å². The summed E-state index contributed by atoms with van der Waals surface area (Å²) in [7, 11) is 0. The maximum absolute atomic E-state index is 12.9. The molecule has 0 spiro atoms. The largest absolute Gasteiger partial charge is 0.339 e. The number of unbranched alkanes of at least 4 members (excludes halogenated alkanes) is 2. The predicted octanol–water partition coefficient (Wildman–Crippen LogP) is 5.07. The summed E-state index contributed by atoms with van der Waals surface area (Å²) < 4.78 is 0. The topological polar surface area (TPSA) is 56.5 Å². The molecule has 0 aliphatic heterocycles. The van der Waals surface area contributed by atoms with Crippen LogP contribution in [-0.2, 0) is 4.79 Å². The number of rotatable bonds is 10. The Labute approximate surface area is 158 Å². The second kappa shape index (κ2) is 12.0. The molecule has 26 heavy (non-hydrogen) atoms. The molecule has 1 amide bonds. The average molecular weight is 354 g/mol. The lowest BCUT2D eigenvalue weighted by Gasteiger charge is -2.25. The SMILES string of the molecule is CC=N/C=C(\C)CN(CCCCC)C(=O)CC(C)c1ccc(C#N)cc1. The van der Waals surface area contributed by atoms with E-state index in [1.165, 1.54) is 0 Å². The second-order valence-electron chi connectivity index (χ2n) is 6.74. The van der Waals surface area contributed by atoms with Crippen molar-refractivity contribution in [2.24, 2.45) is 4.99 Å². The third-order valence-corrected chi connectivity index (χ3v) is 4.36. The van der Waals surface area contributed by atoms with Gasteiger partial charge in [0, 0.05) is 31.9 Å². The highest BCUT2D eigenvalue weighted by atomic mass is 16.2. The third-order valence-electron chi connectivity index (χ3n) is 4.36. The van der Waals surface area contributed by atoms with E-state index in [1.54, 1.807) is 6.21 Å². The molecule has 4 heteroatoms. The van der Waals surface area contributed by atoms with Crippen molar-refractivity contribution in [1.82, 2.24) is 4.90 Å². The summed E-state index contributed by atoms with van der Waals surface area (Å²) in [5.41, 5.74) is 2.82. The van der Waals surface area contributed by atoms with Crippen LogP contribution in [0.4, 0.5) is 0 Å². The molecule has 0 saturated carbocycles. The van der Waals surface area contributed by atoms with Crippen LogP contribution in [0.2, 0.25) is 0 Å². The first kappa shape index (κ1) is 21.6. The summed E-state index contributed by atoms with van der Waals surface area (Å²) in [5.74, 6) is 0.299. The van der Waals surface area contributed by atoms with Crippen molar-refractivity contribution in [3.8, 4) is 6.07 Å². The van der Waals surface area contributed by atoms with E-state index in [0.29, 0.717) is 18.5 Å². The Morgan fingerprint density at radius 1 is 1.31 bits per heavy atom. The summed E-state index contributed by atoms with van der Waals surface area (Å²) in [5, 5.41) is 8.91. The lowest BCUT2D eigenvalue weighted by Crippen LogP contribution is -2.34. The minimum atomic E-state index is 0.127. The second-order valence-corrected chi connectivity index (χ2v) is 6.74. The normalized spacial score (nSPS) is 12.8. The Morgan fingerprint density at radius 3 is 2.58 bits per heavy atom. The molecule has 1 rings (SSSR count). The van der Waals surface area contributed by atoms with Crippen molar-refractivity contribution in [1.29, 1.82) is 5.26 Å². The van der Waals surface area contributed by atoms with Crippen LogP contribution < -0.4 is 0 Å². The van der Waals surface area contributed by atoms with Gasteiger partial charge in [-0.05, 0) is 49.5 Å². The number of nitrogens with zero attached hydrogens (tertiary/aromatic N) is 3. The van der Waals surface area contributed by atoms with Crippen LogP contribution in [0.3, 0.4) is 0 Å². The van der Waals surface area contributed by atoms with Crippen LogP contribution in [0.5, 0.6) is 0 Å². The van der Waals surface area contributed by atoms with Crippen LogP contribution >= 0.6 is 0 Å². The minimum Gasteiger partial charge on any atom is -0.339 e. The van der Waals surface area contributed by atoms with Gasteiger partial charge >= 0.3 is 0 Å². The number of carbonyl (C=O) groups is 1. The molecule has 0 N–H and O–H groups in total. The molecule has 0 aliphatic rings. The zero-order valence-electron chi connectivity index (χ0n) is 16.5. The zero-order valence-corrected chi connectivity index (χ0v) is 16.5. The lowest BCUT2D eigenvalue weighted by atomic mass is 9.96. The number of hydrogen-bond donors (Lipinski definition) is 0. The average Bonchev–Trinajstić information content (AvgIpc) is 2.65. The Kier molecular flexibility index (Phi) is 10.0. The van der Waals surface area contributed by atoms with Gasteiger partial charge in [-0.3, -0.25) is 9.79 Å². The summed E-state index contributed by atoms with van der Waals surface area (Å²) in [6, 6.07) is 9.63.